The number of para-hydroxylation sites is 1. The molecule has 0 heterocycles. The van der Waals surface area contributed by atoms with E-state index in [4.69, 9.17) is 9.47 Å². The van der Waals surface area contributed by atoms with Crippen molar-refractivity contribution in [2.75, 3.05) is 20.3 Å². The molecule has 1 aliphatic rings. The first-order chi connectivity index (χ1) is 10.0. The summed E-state index contributed by atoms with van der Waals surface area (Å²) in [6, 6.07) is 3.49. The maximum absolute atomic E-state index is 13.6. The summed E-state index contributed by atoms with van der Waals surface area (Å²) in [5, 5.41) is 3.07. The zero-order valence-corrected chi connectivity index (χ0v) is 12.1. The molecule has 0 saturated heterocycles. The SMILES string of the molecule is CCNC(COc1c(F)cccc1F)(C(=O)OC)C1CC1. The normalized spacial score (nSPS) is 17.1. The summed E-state index contributed by atoms with van der Waals surface area (Å²) in [4.78, 5) is 12.1. The first-order valence-electron chi connectivity index (χ1n) is 6.95. The second-order valence-corrected chi connectivity index (χ2v) is 5.11. The third-order valence-corrected chi connectivity index (χ3v) is 3.68. The number of rotatable bonds is 7. The molecule has 1 aromatic carbocycles. The van der Waals surface area contributed by atoms with E-state index < -0.39 is 28.9 Å². The number of esters is 1. The maximum atomic E-state index is 13.6. The summed E-state index contributed by atoms with van der Waals surface area (Å²) in [6.07, 6.45) is 1.70. The second-order valence-electron chi connectivity index (χ2n) is 5.11. The zero-order valence-electron chi connectivity index (χ0n) is 12.1. The lowest BCUT2D eigenvalue weighted by Gasteiger charge is -2.31. The number of benzene rings is 1. The van der Waals surface area contributed by atoms with Crippen LogP contribution in [0.4, 0.5) is 8.78 Å². The van der Waals surface area contributed by atoms with Gasteiger partial charge in [-0.3, -0.25) is 5.32 Å². The van der Waals surface area contributed by atoms with Crippen LogP contribution in [0.5, 0.6) is 5.75 Å². The van der Waals surface area contributed by atoms with E-state index >= 15 is 0 Å². The van der Waals surface area contributed by atoms with Crippen molar-refractivity contribution in [3.8, 4) is 5.75 Å². The molecular formula is C15H19F2NO3. The van der Waals surface area contributed by atoms with E-state index in [0.29, 0.717) is 6.54 Å². The molecule has 1 atom stereocenters. The Morgan fingerprint density at radius 3 is 2.48 bits per heavy atom. The van der Waals surface area contributed by atoms with Gasteiger partial charge >= 0.3 is 5.97 Å². The van der Waals surface area contributed by atoms with Gasteiger partial charge in [0.05, 0.1) is 7.11 Å². The number of hydrogen-bond donors (Lipinski definition) is 1. The molecule has 1 N–H and O–H groups in total. The van der Waals surface area contributed by atoms with Gasteiger partial charge < -0.3 is 9.47 Å². The van der Waals surface area contributed by atoms with E-state index in [-0.39, 0.29) is 12.5 Å². The number of halogens is 2. The molecule has 1 unspecified atom stereocenters. The Bertz CT molecular complexity index is 499. The molecule has 1 saturated carbocycles. The van der Waals surface area contributed by atoms with E-state index in [1.54, 1.807) is 0 Å². The van der Waals surface area contributed by atoms with Crippen LogP contribution in [0.25, 0.3) is 0 Å². The van der Waals surface area contributed by atoms with Gasteiger partial charge in [0.2, 0.25) is 0 Å². The Labute approximate surface area is 122 Å². The van der Waals surface area contributed by atoms with Crippen molar-refractivity contribution in [1.82, 2.24) is 5.32 Å². The number of carbonyl (C=O) groups is 1. The van der Waals surface area contributed by atoms with Gasteiger partial charge in [0.15, 0.2) is 22.9 Å². The summed E-state index contributed by atoms with van der Waals surface area (Å²) in [6.45, 7) is 2.20. The van der Waals surface area contributed by atoms with Crippen LogP contribution in [0.1, 0.15) is 19.8 Å². The third-order valence-electron chi connectivity index (χ3n) is 3.68. The van der Waals surface area contributed by atoms with Crippen LogP contribution in [0.15, 0.2) is 18.2 Å². The monoisotopic (exact) mass is 299 g/mol. The van der Waals surface area contributed by atoms with E-state index in [1.165, 1.54) is 13.2 Å². The molecule has 1 aliphatic carbocycles. The van der Waals surface area contributed by atoms with Crippen LogP contribution in [0, 0.1) is 17.6 Å². The number of likely N-dealkylation sites (N-methyl/N-ethyl adjacent to an activating group) is 1. The van der Waals surface area contributed by atoms with Gasteiger partial charge in [0.1, 0.15) is 6.61 Å². The number of nitrogens with one attached hydrogen (secondary N) is 1. The molecule has 116 valence electrons. The van der Waals surface area contributed by atoms with Crippen LogP contribution < -0.4 is 10.1 Å². The highest BCUT2D eigenvalue weighted by atomic mass is 19.1. The first-order valence-corrected chi connectivity index (χ1v) is 6.95. The van der Waals surface area contributed by atoms with Crippen molar-refractivity contribution >= 4 is 5.97 Å². The van der Waals surface area contributed by atoms with Crippen LogP contribution in [0.2, 0.25) is 0 Å². The summed E-state index contributed by atoms with van der Waals surface area (Å²) < 4.78 is 37.4. The Balaban J connectivity index is 2.21. The van der Waals surface area contributed by atoms with Crippen LogP contribution >= 0.6 is 0 Å². The number of ether oxygens (including phenoxy) is 2. The van der Waals surface area contributed by atoms with Crippen molar-refractivity contribution < 1.29 is 23.0 Å². The molecule has 21 heavy (non-hydrogen) atoms. The van der Waals surface area contributed by atoms with Gasteiger partial charge in [-0.2, -0.15) is 0 Å². The molecular weight excluding hydrogens is 280 g/mol. The van der Waals surface area contributed by atoms with Crippen LogP contribution in [0.3, 0.4) is 0 Å². The Morgan fingerprint density at radius 1 is 1.38 bits per heavy atom. The molecule has 0 bridgehead atoms. The minimum atomic E-state index is -1.06. The Morgan fingerprint density at radius 2 is 2.00 bits per heavy atom. The van der Waals surface area contributed by atoms with Crippen molar-refractivity contribution in [3.63, 3.8) is 0 Å². The van der Waals surface area contributed by atoms with E-state index in [2.05, 4.69) is 5.32 Å². The highest BCUT2D eigenvalue weighted by molar-refractivity contribution is 5.82. The maximum Gasteiger partial charge on any atom is 0.329 e. The van der Waals surface area contributed by atoms with Crippen LogP contribution in [-0.2, 0) is 9.53 Å². The van der Waals surface area contributed by atoms with Crippen LogP contribution in [-0.4, -0.2) is 31.8 Å². The average Bonchev–Trinajstić information content (AvgIpc) is 3.29. The molecule has 0 radical (unpaired) electrons. The fourth-order valence-electron chi connectivity index (χ4n) is 2.49. The summed E-state index contributed by atoms with van der Waals surface area (Å²) in [5.74, 6) is -2.46. The predicted octanol–water partition coefficient (Wildman–Crippen LogP) is 2.27. The summed E-state index contributed by atoms with van der Waals surface area (Å²) >= 11 is 0. The zero-order chi connectivity index (χ0) is 15.5. The molecule has 0 amide bonds. The minimum absolute atomic E-state index is 0.0553. The van der Waals surface area contributed by atoms with E-state index in [0.717, 1.165) is 25.0 Å². The van der Waals surface area contributed by atoms with Gasteiger partial charge in [-0.15, -0.1) is 0 Å². The highest BCUT2D eigenvalue weighted by Crippen LogP contribution is 2.41. The van der Waals surface area contributed by atoms with Crippen molar-refractivity contribution in [1.29, 1.82) is 0 Å². The molecule has 0 spiro atoms. The second kappa shape index (κ2) is 6.39. The lowest BCUT2D eigenvalue weighted by Crippen LogP contribution is -2.58. The van der Waals surface area contributed by atoms with Gasteiger partial charge in [-0.05, 0) is 37.4 Å². The molecule has 6 heteroatoms. The van der Waals surface area contributed by atoms with Gasteiger partial charge in [0, 0.05) is 0 Å². The summed E-state index contributed by atoms with van der Waals surface area (Å²) in [5.41, 5.74) is -1.06. The first kappa shape index (κ1) is 15.7. The molecule has 2 rings (SSSR count). The van der Waals surface area contributed by atoms with E-state index in [9.17, 15) is 13.6 Å². The molecule has 4 nitrogen and oxygen atoms in total. The van der Waals surface area contributed by atoms with Crippen molar-refractivity contribution in [3.05, 3.63) is 29.8 Å². The highest BCUT2D eigenvalue weighted by Gasteiger charge is 2.52. The molecule has 0 aliphatic heterocycles. The van der Waals surface area contributed by atoms with Gasteiger partial charge in [0.25, 0.3) is 0 Å². The van der Waals surface area contributed by atoms with Gasteiger partial charge in [-0.1, -0.05) is 13.0 Å². The third kappa shape index (κ3) is 3.15. The van der Waals surface area contributed by atoms with Gasteiger partial charge in [-0.25, -0.2) is 13.6 Å². The lowest BCUT2D eigenvalue weighted by atomic mass is 9.94. The minimum Gasteiger partial charge on any atom is -0.485 e. The van der Waals surface area contributed by atoms with E-state index in [1.807, 2.05) is 6.92 Å². The average molecular weight is 299 g/mol. The van der Waals surface area contributed by atoms with Crippen molar-refractivity contribution in [2.45, 2.75) is 25.3 Å². The number of methoxy groups -OCH3 is 1. The quantitative estimate of drug-likeness (QED) is 0.785. The van der Waals surface area contributed by atoms with Crippen molar-refractivity contribution in [2.24, 2.45) is 5.92 Å². The summed E-state index contributed by atoms with van der Waals surface area (Å²) in [7, 11) is 1.29. The largest absolute Gasteiger partial charge is 0.485 e. The molecule has 1 fully saturated rings. The Hall–Kier alpha value is -1.69. The number of hydrogen-bond acceptors (Lipinski definition) is 4. The Kier molecular flexibility index (Phi) is 4.77. The topological polar surface area (TPSA) is 47.6 Å². The fraction of sp³-hybridized carbons (Fsp3) is 0.533. The molecule has 1 aromatic rings. The fourth-order valence-corrected chi connectivity index (χ4v) is 2.49. The number of carbonyl (C=O) groups excluding carboxylic acids is 1. The lowest BCUT2D eigenvalue weighted by molar-refractivity contribution is -0.151. The molecule has 0 aromatic heterocycles. The smallest absolute Gasteiger partial charge is 0.329 e. The predicted molar refractivity (Wildman–Crippen MR) is 73.0 cm³/mol. The standard InChI is InChI=1S/C15H19F2NO3/c1-3-18-15(10-7-8-10,14(19)20-2)9-21-13-11(16)5-4-6-12(13)17/h4-6,10,18H,3,7-9H2,1-2H3.